The third kappa shape index (κ3) is 3.82. The zero-order valence-electron chi connectivity index (χ0n) is 11.3. The molecule has 2 aromatic carbocycles. The smallest absolute Gasteiger partial charge is 0.236 e. The molecule has 0 radical (unpaired) electrons. The summed E-state index contributed by atoms with van der Waals surface area (Å²) in [5.74, 6) is -0.0415. The molecule has 0 saturated heterocycles. The van der Waals surface area contributed by atoms with Crippen LogP contribution in [0.4, 0.5) is 5.69 Å². The van der Waals surface area contributed by atoms with Crippen molar-refractivity contribution in [3.8, 4) is 0 Å². The van der Waals surface area contributed by atoms with Crippen LogP contribution >= 0.6 is 0 Å². The molecule has 0 atom stereocenters. The molecule has 0 aliphatic rings. The highest BCUT2D eigenvalue weighted by atomic mass is 32.2. The fourth-order valence-electron chi connectivity index (χ4n) is 1.90. The Bertz CT molecular complexity index is 682. The normalized spacial score (nSPS) is 11.3. The molecule has 0 heterocycles. The summed E-state index contributed by atoms with van der Waals surface area (Å²) in [5.41, 5.74) is 8.69. The molecule has 0 aliphatic carbocycles. The molecule has 2 aromatic rings. The standard InChI is InChI=1S/C15H18N2O2S/c1-12-7-8-14(10-16)9-15(12)17-20(18,19)11-13-5-3-2-4-6-13/h2-9,17H,10-11,16H2,1H3. The highest BCUT2D eigenvalue weighted by Gasteiger charge is 2.13. The van der Waals surface area contributed by atoms with E-state index in [-0.39, 0.29) is 5.75 Å². The molecule has 4 nitrogen and oxygen atoms in total. The predicted molar refractivity (Wildman–Crippen MR) is 81.8 cm³/mol. The van der Waals surface area contributed by atoms with Crippen molar-refractivity contribution in [2.24, 2.45) is 5.73 Å². The van der Waals surface area contributed by atoms with E-state index in [0.29, 0.717) is 12.2 Å². The first-order valence-corrected chi connectivity index (χ1v) is 7.99. The van der Waals surface area contributed by atoms with Crippen molar-refractivity contribution < 1.29 is 8.42 Å². The summed E-state index contributed by atoms with van der Waals surface area (Å²) in [7, 11) is -3.43. The molecule has 0 aromatic heterocycles. The van der Waals surface area contributed by atoms with E-state index in [1.165, 1.54) is 0 Å². The van der Waals surface area contributed by atoms with E-state index >= 15 is 0 Å². The molecule has 0 fully saturated rings. The molecule has 3 N–H and O–H groups in total. The van der Waals surface area contributed by atoms with Crippen molar-refractivity contribution in [3.05, 3.63) is 65.2 Å². The van der Waals surface area contributed by atoms with Crippen molar-refractivity contribution in [2.45, 2.75) is 19.2 Å². The van der Waals surface area contributed by atoms with Crippen molar-refractivity contribution in [2.75, 3.05) is 4.72 Å². The summed E-state index contributed by atoms with van der Waals surface area (Å²) in [6.45, 7) is 2.24. The molecular formula is C15H18N2O2S. The third-order valence-electron chi connectivity index (χ3n) is 3.00. The molecule has 0 spiro atoms. The van der Waals surface area contributed by atoms with Gasteiger partial charge < -0.3 is 5.73 Å². The molecule has 0 saturated carbocycles. The van der Waals surface area contributed by atoms with Crippen LogP contribution in [0.1, 0.15) is 16.7 Å². The van der Waals surface area contributed by atoms with Gasteiger partial charge in [0.2, 0.25) is 10.0 Å². The van der Waals surface area contributed by atoms with Gasteiger partial charge in [-0.1, -0.05) is 42.5 Å². The van der Waals surface area contributed by atoms with Gasteiger partial charge in [0.1, 0.15) is 0 Å². The molecule has 0 unspecified atom stereocenters. The molecule has 5 heteroatoms. The van der Waals surface area contributed by atoms with E-state index in [9.17, 15) is 8.42 Å². The topological polar surface area (TPSA) is 72.2 Å². The summed E-state index contributed by atoms with van der Waals surface area (Å²) in [5, 5.41) is 0. The molecule has 0 amide bonds. The number of anilines is 1. The second-order valence-electron chi connectivity index (χ2n) is 4.70. The van der Waals surface area contributed by atoms with Crippen LogP contribution in [0.2, 0.25) is 0 Å². The van der Waals surface area contributed by atoms with Crippen LogP contribution in [0.5, 0.6) is 0 Å². The van der Waals surface area contributed by atoms with Gasteiger partial charge in [0.05, 0.1) is 11.4 Å². The quantitative estimate of drug-likeness (QED) is 0.888. The first-order valence-electron chi connectivity index (χ1n) is 6.34. The lowest BCUT2D eigenvalue weighted by Gasteiger charge is -2.12. The second-order valence-corrected chi connectivity index (χ2v) is 6.42. The summed E-state index contributed by atoms with van der Waals surface area (Å²) in [4.78, 5) is 0. The van der Waals surface area contributed by atoms with Crippen LogP contribution in [-0.4, -0.2) is 8.42 Å². The number of rotatable bonds is 5. The minimum atomic E-state index is -3.43. The van der Waals surface area contributed by atoms with Gasteiger partial charge in [-0.15, -0.1) is 0 Å². The molecule has 0 aliphatic heterocycles. The average Bonchev–Trinajstić information content (AvgIpc) is 2.41. The van der Waals surface area contributed by atoms with Gasteiger partial charge in [0.25, 0.3) is 0 Å². The summed E-state index contributed by atoms with van der Waals surface area (Å²) in [6.07, 6.45) is 0. The van der Waals surface area contributed by atoms with E-state index < -0.39 is 10.0 Å². The van der Waals surface area contributed by atoms with E-state index in [0.717, 1.165) is 16.7 Å². The van der Waals surface area contributed by atoms with Crippen molar-refractivity contribution in [3.63, 3.8) is 0 Å². The number of aryl methyl sites for hydroxylation is 1. The molecule has 2 rings (SSSR count). The van der Waals surface area contributed by atoms with Gasteiger partial charge in [0.15, 0.2) is 0 Å². The highest BCUT2D eigenvalue weighted by molar-refractivity contribution is 7.91. The number of nitrogens with two attached hydrogens (primary N) is 1. The van der Waals surface area contributed by atoms with Gasteiger partial charge in [-0.05, 0) is 29.7 Å². The molecular weight excluding hydrogens is 272 g/mol. The van der Waals surface area contributed by atoms with Gasteiger partial charge in [-0.2, -0.15) is 0 Å². The van der Waals surface area contributed by atoms with Gasteiger partial charge in [-0.25, -0.2) is 8.42 Å². The zero-order chi connectivity index (χ0) is 14.6. The maximum atomic E-state index is 12.2. The van der Waals surface area contributed by atoms with E-state index in [2.05, 4.69) is 4.72 Å². The van der Waals surface area contributed by atoms with Gasteiger partial charge in [-0.3, -0.25) is 4.72 Å². The zero-order valence-corrected chi connectivity index (χ0v) is 12.2. The van der Waals surface area contributed by atoms with Crippen molar-refractivity contribution >= 4 is 15.7 Å². The highest BCUT2D eigenvalue weighted by Crippen LogP contribution is 2.19. The van der Waals surface area contributed by atoms with E-state index in [1.807, 2.05) is 37.3 Å². The van der Waals surface area contributed by atoms with Crippen LogP contribution < -0.4 is 10.5 Å². The van der Waals surface area contributed by atoms with Crippen LogP contribution in [0.25, 0.3) is 0 Å². The lowest BCUT2D eigenvalue weighted by molar-refractivity contribution is 0.600. The van der Waals surface area contributed by atoms with Crippen LogP contribution in [0, 0.1) is 6.92 Å². The molecule has 106 valence electrons. The van der Waals surface area contributed by atoms with Crippen molar-refractivity contribution in [1.82, 2.24) is 0 Å². The Morgan fingerprint density at radius 1 is 1.05 bits per heavy atom. The van der Waals surface area contributed by atoms with Gasteiger partial charge >= 0.3 is 0 Å². The summed E-state index contributed by atoms with van der Waals surface area (Å²) >= 11 is 0. The molecule has 20 heavy (non-hydrogen) atoms. The lowest BCUT2D eigenvalue weighted by atomic mass is 10.1. The van der Waals surface area contributed by atoms with Gasteiger partial charge in [0, 0.05) is 6.54 Å². The second kappa shape index (κ2) is 6.07. The number of hydrogen-bond acceptors (Lipinski definition) is 3. The van der Waals surface area contributed by atoms with Crippen molar-refractivity contribution in [1.29, 1.82) is 0 Å². The monoisotopic (exact) mass is 290 g/mol. The van der Waals surface area contributed by atoms with E-state index in [4.69, 9.17) is 5.73 Å². The fourth-order valence-corrected chi connectivity index (χ4v) is 3.16. The lowest BCUT2D eigenvalue weighted by Crippen LogP contribution is -2.16. The Kier molecular flexibility index (Phi) is 4.42. The largest absolute Gasteiger partial charge is 0.326 e. The Hall–Kier alpha value is -1.85. The maximum absolute atomic E-state index is 12.2. The number of nitrogens with one attached hydrogen (secondary N) is 1. The summed E-state index contributed by atoms with van der Waals surface area (Å²) in [6, 6.07) is 14.6. The summed E-state index contributed by atoms with van der Waals surface area (Å²) < 4.78 is 27.0. The molecule has 0 bridgehead atoms. The van der Waals surface area contributed by atoms with Crippen LogP contribution in [0.3, 0.4) is 0 Å². The van der Waals surface area contributed by atoms with Crippen LogP contribution in [0.15, 0.2) is 48.5 Å². The van der Waals surface area contributed by atoms with Crippen LogP contribution in [-0.2, 0) is 22.3 Å². The minimum absolute atomic E-state index is 0.0415. The Labute approximate surface area is 119 Å². The first kappa shape index (κ1) is 14.6. The average molecular weight is 290 g/mol. The Morgan fingerprint density at radius 2 is 1.75 bits per heavy atom. The van der Waals surface area contributed by atoms with E-state index in [1.54, 1.807) is 18.2 Å². The number of hydrogen-bond donors (Lipinski definition) is 2. The Morgan fingerprint density at radius 3 is 2.40 bits per heavy atom. The fraction of sp³-hybridized carbons (Fsp3) is 0.200. The first-order chi connectivity index (χ1) is 9.50. The maximum Gasteiger partial charge on any atom is 0.236 e. The third-order valence-corrected chi connectivity index (χ3v) is 4.25. The SMILES string of the molecule is Cc1ccc(CN)cc1NS(=O)(=O)Cc1ccccc1. The number of sulfonamides is 1. The number of benzene rings is 2. The Balaban J connectivity index is 2.20. The minimum Gasteiger partial charge on any atom is -0.326 e. The predicted octanol–water partition coefficient (Wildman–Crippen LogP) is 2.40.